The Morgan fingerprint density at radius 2 is 2.16 bits per heavy atom. The Labute approximate surface area is 114 Å². The van der Waals surface area contributed by atoms with Crippen LogP contribution in [-0.4, -0.2) is 32.2 Å². The molecule has 1 fully saturated rings. The van der Waals surface area contributed by atoms with Crippen molar-refractivity contribution in [2.75, 3.05) is 19.5 Å². The van der Waals surface area contributed by atoms with E-state index in [-0.39, 0.29) is 18.1 Å². The molecule has 4 nitrogen and oxygen atoms in total. The minimum Gasteiger partial charge on any atom is -0.388 e. The topological polar surface area (TPSA) is 50.4 Å². The Morgan fingerprint density at radius 1 is 1.37 bits per heavy atom. The highest BCUT2D eigenvalue weighted by Gasteiger charge is 2.28. The van der Waals surface area contributed by atoms with Gasteiger partial charge in [-0.25, -0.2) is 0 Å². The number of aryl methyl sites for hydroxylation is 1. The van der Waals surface area contributed by atoms with E-state index in [1.165, 1.54) is 0 Å². The molecule has 1 amide bonds. The predicted molar refractivity (Wildman–Crippen MR) is 76.6 cm³/mol. The Kier molecular flexibility index (Phi) is 4.43. The van der Waals surface area contributed by atoms with Gasteiger partial charge in [0.15, 0.2) is 0 Å². The van der Waals surface area contributed by atoms with E-state index in [1.807, 2.05) is 32.2 Å². The first-order valence-corrected chi connectivity index (χ1v) is 6.77. The molecule has 1 aliphatic carbocycles. The molecule has 1 aromatic carbocycles. The maximum atomic E-state index is 12.3. The number of nitrogens with one attached hydrogen (secondary N) is 2. The zero-order chi connectivity index (χ0) is 13.8. The Balaban J connectivity index is 2.07. The van der Waals surface area contributed by atoms with Gasteiger partial charge in [0.1, 0.15) is 0 Å². The predicted octanol–water partition coefficient (Wildman–Crippen LogP) is 2.33. The number of hydrogen-bond acceptors (Lipinski definition) is 3. The molecule has 0 aliphatic heterocycles. The lowest BCUT2D eigenvalue weighted by atomic mass is 10.1. The third-order valence-electron chi connectivity index (χ3n) is 3.83. The van der Waals surface area contributed by atoms with Crippen molar-refractivity contribution in [2.45, 2.75) is 38.3 Å². The first kappa shape index (κ1) is 13.9. The summed E-state index contributed by atoms with van der Waals surface area (Å²) in [6, 6.07) is 5.91. The summed E-state index contributed by atoms with van der Waals surface area (Å²) in [5.74, 6) is -0.00546. The summed E-state index contributed by atoms with van der Waals surface area (Å²) >= 11 is 0. The van der Waals surface area contributed by atoms with Crippen molar-refractivity contribution < 1.29 is 9.53 Å². The average Bonchev–Trinajstić information content (AvgIpc) is 2.85. The second kappa shape index (κ2) is 6.06. The summed E-state index contributed by atoms with van der Waals surface area (Å²) in [6.45, 7) is 1.96. The van der Waals surface area contributed by atoms with E-state index in [2.05, 4.69) is 10.6 Å². The molecule has 2 rings (SSSR count). The highest BCUT2D eigenvalue weighted by atomic mass is 16.5. The highest BCUT2D eigenvalue weighted by Crippen LogP contribution is 2.22. The number of hydrogen-bond donors (Lipinski definition) is 2. The van der Waals surface area contributed by atoms with Crippen LogP contribution in [0, 0.1) is 6.92 Å². The van der Waals surface area contributed by atoms with E-state index in [1.54, 1.807) is 7.11 Å². The van der Waals surface area contributed by atoms with E-state index < -0.39 is 0 Å². The van der Waals surface area contributed by atoms with Crippen molar-refractivity contribution in [1.82, 2.24) is 5.32 Å². The molecule has 0 radical (unpaired) electrons. The van der Waals surface area contributed by atoms with Gasteiger partial charge in [0.2, 0.25) is 0 Å². The van der Waals surface area contributed by atoms with Crippen LogP contribution in [0.4, 0.5) is 5.69 Å². The van der Waals surface area contributed by atoms with Crippen molar-refractivity contribution in [3.05, 3.63) is 29.3 Å². The second-order valence-electron chi connectivity index (χ2n) is 5.06. The van der Waals surface area contributed by atoms with Crippen molar-refractivity contribution in [3.63, 3.8) is 0 Å². The number of amides is 1. The molecular weight excluding hydrogens is 240 g/mol. The molecule has 1 aromatic rings. The van der Waals surface area contributed by atoms with Crippen LogP contribution in [0.25, 0.3) is 0 Å². The summed E-state index contributed by atoms with van der Waals surface area (Å²) in [5, 5.41) is 6.16. The number of carbonyl (C=O) groups excluding carboxylic acids is 1. The quantitative estimate of drug-likeness (QED) is 0.875. The van der Waals surface area contributed by atoms with Crippen LogP contribution in [0.15, 0.2) is 18.2 Å². The van der Waals surface area contributed by atoms with Crippen LogP contribution in [0.3, 0.4) is 0 Å². The van der Waals surface area contributed by atoms with Crippen LogP contribution in [-0.2, 0) is 4.74 Å². The fourth-order valence-electron chi connectivity index (χ4n) is 2.69. The third-order valence-corrected chi connectivity index (χ3v) is 3.83. The summed E-state index contributed by atoms with van der Waals surface area (Å²) in [5.41, 5.74) is 2.74. The minimum atomic E-state index is -0.00546. The lowest BCUT2D eigenvalue weighted by molar-refractivity contribution is 0.0722. The third kappa shape index (κ3) is 3.07. The number of anilines is 1. The molecule has 0 heterocycles. The SMILES string of the molecule is CNc1ccc(C(=O)NC2CCCC2OC)c(C)c1. The molecule has 0 bridgehead atoms. The first-order valence-electron chi connectivity index (χ1n) is 6.77. The van der Waals surface area contributed by atoms with E-state index in [0.29, 0.717) is 0 Å². The van der Waals surface area contributed by atoms with E-state index >= 15 is 0 Å². The normalized spacial score (nSPS) is 22.3. The van der Waals surface area contributed by atoms with E-state index in [0.717, 1.165) is 36.1 Å². The van der Waals surface area contributed by atoms with Gasteiger partial charge in [0, 0.05) is 25.4 Å². The molecule has 19 heavy (non-hydrogen) atoms. The van der Waals surface area contributed by atoms with Crippen molar-refractivity contribution in [2.24, 2.45) is 0 Å². The maximum Gasteiger partial charge on any atom is 0.251 e. The fraction of sp³-hybridized carbons (Fsp3) is 0.533. The average molecular weight is 262 g/mol. The number of rotatable bonds is 4. The molecule has 1 saturated carbocycles. The molecule has 0 saturated heterocycles. The lowest BCUT2D eigenvalue weighted by Crippen LogP contribution is -2.40. The zero-order valence-electron chi connectivity index (χ0n) is 11.8. The summed E-state index contributed by atoms with van der Waals surface area (Å²) in [4.78, 5) is 12.3. The molecule has 2 N–H and O–H groups in total. The van der Waals surface area contributed by atoms with Gasteiger partial charge in [0.05, 0.1) is 12.1 Å². The van der Waals surface area contributed by atoms with Crippen LogP contribution in [0.5, 0.6) is 0 Å². The smallest absolute Gasteiger partial charge is 0.251 e. The summed E-state index contributed by atoms with van der Waals surface area (Å²) in [7, 11) is 3.58. The van der Waals surface area contributed by atoms with Crippen LogP contribution in [0.2, 0.25) is 0 Å². The maximum absolute atomic E-state index is 12.3. The lowest BCUT2D eigenvalue weighted by Gasteiger charge is -2.20. The Morgan fingerprint density at radius 3 is 2.79 bits per heavy atom. The van der Waals surface area contributed by atoms with Crippen LogP contribution >= 0.6 is 0 Å². The number of methoxy groups -OCH3 is 1. The number of benzene rings is 1. The van der Waals surface area contributed by atoms with Crippen molar-refractivity contribution >= 4 is 11.6 Å². The van der Waals surface area contributed by atoms with Gasteiger partial charge in [0.25, 0.3) is 5.91 Å². The first-order chi connectivity index (χ1) is 9.15. The van der Waals surface area contributed by atoms with Crippen LogP contribution in [0.1, 0.15) is 35.2 Å². The zero-order valence-corrected chi connectivity index (χ0v) is 11.8. The van der Waals surface area contributed by atoms with Crippen LogP contribution < -0.4 is 10.6 Å². The van der Waals surface area contributed by atoms with Gasteiger partial charge < -0.3 is 15.4 Å². The van der Waals surface area contributed by atoms with Crippen molar-refractivity contribution in [3.8, 4) is 0 Å². The monoisotopic (exact) mass is 262 g/mol. The van der Waals surface area contributed by atoms with E-state index in [9.17, 15) is 4.79 Å². The second-order valence-corrected chi connectivity index (χ2v) is 5.06. The standard InChI is InChI=1S/C15H22N2O2/c1-10-9-11(16-2)7-8-12(10)15(18)17-13-5-4-6-14(13)19-3/h7-9,13-14,16H,4-6H2,1-3H3,(H,17,18). The Bertz CT molecular complexity index is 459. The van der Waals surface area contributed by atoms with Gasteiger partial charge in [-0.1, -0.05) is 0 Å². The van der Waals surface area contributed by atoms with Crippen molar-refractivity contribution in [1.29, 1.82) is 0 Å². The van der Waals surface area contributed by atoms with Gasteiger partial charge in [-0.05, 0) is 49.9 Å². The highest BCUT2D eigenvalue weighted by molar-refractivity contribution is 5.96. The number of ether oxygens (including phenoxy) is 1. The molecule has 0 spiro atoms. The van der Waals surface area contributed by atoms with Gasteiger partial charge in [-0.3, -0.25) is 4.79 Å². The summed E-state index contributed by atoms with van der Waals surface area (Å²) in [6.07, 6.45) is 3.29. The van der Waals surface area contributed by atoms with E-state index in [4.69, 9.17) is 4.74 Å². The molecule has 0 aromatic heterocycles. The molecule has 2 unspecified atom stereocenters. The molecule has 1 aliphatic rings. The molecule has 2 atom stereocenters. The minimum absolute atomic E-state index is 0.00546. The number of carbonyl (C=O) groups is 1. The van der Waals surface area contributed by atoms with Gasteiger partial charge in [-0.15, -0.1) is 0 Å². The summed E-state index contributed by atoms with van der Waals surface area (Å²) < 4.78 is 5.40. The molecular formula is C15H22N2O2. The molecule has 104 valence electrons. The molecule has 4 heteroatoms. The van der Waals surface area contributed by atoms with Gasteiger partial charge >= 0.3 is 0 Å². The fourth-order valence-corrected chi connectivity index (χ4v) is 2.69. The van der Waals surface area contributed by atoms with Gasteiger partial charge in [-0.2, -0.15) is 0 Å². The largest absolute Gasteiger partial charge is 0.388 e. The Hall–Kier alpha value is -1.55.